The molecule has 5 fully saturated rings. The van der Waals surface area contributed by atoms with Crippen LogP contribution in [0.5, 0.6) is 11.8 Å². The van der Waals surface area contributed by atoms with E-state index < -0.39 is 23.6 Å². The lowest BCUT2D eigenvalue weighted by Gasteiger charge is -2.37. The third-order valence-electron chi connectivity index (χ3n) is 15.2. The first-order valence-corrected chi connectivity index (χ1v) is 23.9. The smallest absolute Gasteiger partial charge is 0.329 e. The van der Waals surface area contributed by atoms with Crippen LogP contribution in [0.4, 0.5) is 20.3 Å². The molecule has 8 heterocycles. The van der Waals surface area contributed by atoms with Crippen molar-refractivity contribution in [1.29, 1.82) is 0 Å². The van der Waals surface area contributed by atoms with Gasteiger partial charge in [0.25, 0.3) is 0 Å². The molecular formula is C51H54F2N10O5. The highest BCUT2D eigenvalue weighted by atomic mass is 19.1. The van der Waals surface area contributed by atoms with Crippen LogP contribution in [-0.4, -0.2) is 110 Å². The summed E-state index contributed by atoms with van der Waals surface area (Å²) < 4.78 is 41.4. The van der Waals surface area contributed by atoms with Crippen LogP contribution in [0.15, 0.2) is 53.5 Å². The number of pyridine rings is 1. The van der Waals surface area contributed by atoms with Gasteiger partial charge in [-0.15, -0.1) is 6.42 Å². The van der Waals surface area contributed by atoms with Gasteiger partial charge in [0.2, 0.25) is 11.8 Å². The molecule has 11 rings (SSSR count). The van der Waals surface area contributed by atoms with E-state index in [0.29, 0.717) is 78.7 Å². The minimum absolute atomic E-state index is 0.0254. The molecule has 17 heteroatoms. The number of nitrogens with one attached hydrogen (secondary N) is 2. The first-order valence-electron chi connectivity index (χ1n) is 23.9. The second-order valence-corrected chi connectivity index (χ2v) is 19.4. The number of amides is 2. The molecule has 3 atom stereocenters. The van der Waals surface area contributed by atoms with E-state index in [2.05, 4.69) is 41.2 Å². The number of imide groups is 1. The Kier molecular flexibility index (Phi) is 11.5. The van der Waals surface area contributed by atoms with Gasteiger partial charge in [0.15, 0.2) is 5.82 Å². The van der Waals surface area contributed by atoms with Gasteiger partial charge in [0, 0.05) is 81.1 Å². The van der Waals surface area contributed by atoms with Crippen molar-refractivity contribution >= 4 is 56.0 Å². The molecule has 3 aromatic heterocycles. The van der Waals surface area contributed by atoms with Gasteiger partial charge in [-0.2, -0.15) is 9.97 Å². The fourth-order valence-corrected chi connectivity index (χ4v) is 11.6. The lowest BCUT2D eigenvalue weighted by atomic mass is 9.82. The Morgan fingerprint density at radius 3 is 2.37 bits per heavy atom. The summed E-state index contributed by atoms with van der Waals surface area (Å²) in [5.74, 6) is 1.99. The molecule has 2 bridgehead atoms. The summed E-state index contributed by atoms with van der Waals surface area (Å²) in [6.45, 7) is 6.18. The van der Waals surface area contributed by atoms with Gasteiger partial charge < -0.3 is 25.0 Å². The molecule has 5 saturated heterocycles. The van der Waals surface area contributed by atoms with E-state index in [-0.39, 0.29) is 57.5 Å². The quantitative estimate of drug-likeness (QED) is 0.112. The molecule has 3 N–H and O–H groups in total. The third kappa shape index (κ3) is 8.06. The maximum Gasteiger partial charge on any atom is 0.329 e. The van der Waals surface area contributed by atoms with Crippen molar-refractivity contribution in [3.8, 4) is 35.4 Å². The number of imidazole rings is 1. The number of halogens is 2. The van der Waals surface area contributed by atoms with Crippen molar-refractivity contribution in [1.82, 2.24) is 39.6 Å². The fraction of sp³-hybridized carbons (Fsp3) is 0.451. The van der Waals surface area contributed by atoms with Crippen molar-refractivity contribution in [3.05, 3.63) is 76.3 Å². The molecule has 3 aromatic carbocycles. The van der Waals surface area contributed by atoms with E-state index in [1.165, 1.54) is 35.3 Å². The number of anilines is 2. The number of phenolic OH excluding ortho intramolecular Hbond substituents is 1. The Balaban J connectivity index is 0.731. The van der Waals surface area contributed by atoms with Crippen LogP contribution in [0, 0.1) is 35.8 Å². The monoisotopic (exact) mass is 924 g/mol. The molecule has 0 radical (unpaired) electrons. The van der Waals surface area contributed by atoms with Crippen LogP contribution < -0.4 is 30.9 Å². The van der Waals surface area contributed by atoms with Crippen LogP contribution in [0.2, 0.25) is 0 Å². The number of aromatic hydroxyl groups is 1. The second kappa shape index (κ2) is 17.8. The fourth-order valence-electron chi connectivity index (χ4n) is 11.6. The van der Waals surface area contributed by atoms with Gasteiger partial charge in [-0.3, -0.25) is 33.9 Å². The number of piperazine rings is 1. The summed E-state index contributed by atoms with van der Waals surface area (Å²) in [6, 6.07) is 11.5. The van der Waals surface area contributed by atoms with Gasteiger partial charge in [-0.1, -0.05) is 12.0 Å². The summed E-state index contributed by atoms with van der Waals surface area (Å²) >= 11 is 0. The molecule has 352 valence electrons. The molecule has 3 unspecified atom stereocenters. The molecule has 0 aliphatic carbocycles. The van der Waals surface area contributed by atoms with Gasteiger partial charge in [-0.05, 0) is 118 Å². The summed E-state index contributed by atoms with van der Waals surface area (Å²) in [5.41, 5.74) is 2.30. The average molecular weight is 925 g/mol. The number of carbonyl (C=O) groups excluding carboxylic acids is 2. The topological polar surface area (TPSA) is 163 Å². The number of terminal acetylenes is 1. The molecular weight excluding hydrogens is 871 g/mol. The number of aromatic nitrogens is 5. The number of rotatable bonds is 10. The van der Waals surface area contributed by atoms with Gasteiger partial charge in [-0.25, -0.2) is 13.6 Å². The molecule has 0 saturated carbocycles. The first kappa shape index (κ1) is 43.9. The number of piperidine rings is 3. The van der Waals surface area contributed by atoms with E-state index in [1.807, 2.05) is 18.2 Å². The Bertz CT molecular complexity index is 3080. The van der Waals surface area contributed by atoms with Crippen molar-refractivity contribution in [2.45, 2.75) is 75.9 Å². The lowest BCUT2D eigenvalue weighted by Crippen LogP contribution is -2.51. The SMILES string of the molecule is C#Cc1c(F)ccc2cc(O)cc(-c3ncc4c(N5CC6CCC(C5)N6)nc(OCCN5CCC(CC6CCN(c7ccc8c(c7)n(C)c(=O)n8C7CCC(=O)NC7=O)CC6)CC5)nc4c3F)c12. The van der Waals surface area contributed by atoms with E-state index in [1.54, 1.807) is 17.8 Å². The van der Waals surface area contributed by atoms with Crippen LogP contribution in [0.3, 0.4) is 0 Å². The van der Waals surface area contributed by atoms with Crippen LogP contribution in [-0.2, 0) is 16.6 Å². The number of nitrogens with zero attached hydrogens (tertiary/aromatic N) is 8. The zero-order valence-corrected chi connectivity index (χ0v) is 38.0. The Morgan fingerprint density at radius 1 is 0.882 bits per heavy atom. The van der Waals surface area contributed by atoms with Gasteiger partial charge in [0.1, 0.15) is 41.2 Å². The van der Waals surface area contributed by atoms with Crippen LogP contribution >= 0.6 is 0 Å². The molecule has 6 aromatic rings. The highest BCUT2D eigenvalue weighted by Crippen LogP contribution is 2.40. The van der Waals surface area contributed by atoms with Crippen LogP contribution in [0.1, 0.15) is 69.4 Å². The van der Waals surface area contributed by atoms with Crippen molar-refractivity contribution in [2.75, 3.05) is 62.2 Å². The highest BCUT2D eigenvalue weighted by molar-refractivity contribution is 6.03. The van der Waals surface area contributed by atoms with Crippen LogP contribution in [0.25, 0.3) is 44.0 Å². The number of ether oxygens (including phenoxy) is 1. The summed E-state index contributed by atoms with van der Waals surface area (Å²) in [5, 5.41) is 17.8. The van der Waals surface area contributed by atoms with E-state index in [4.69, 9.17) is 16.1 Å². The van der Waals surface area contributed by atoms with Crippen molar-refractivity contribution < 1.29 is 28.2 Å². The number of phenols is 1. The zero-order valence-electron chi connectivity index (χ0n) is 38.0. The summed E-state index contributed by atoms with van der Waals surface area (Å²) in [7, 11) is 1.73. The molecule has 5 aliphatic rings. The van der Waals surface area contributed by atoms with Gasteiger partial charge >= 0.3 is 11.7 Å². The van der Waals surface area contributed by atoms with E-state index >= 15 is 4.39 Å². The summed E-state index contributed by atoms with van der Waals surface area (Å²) in [6.07, 6.45) is 15.5. The minimum Gasteiger partial charge on any atom is -0.508 e. The van der Waals surface area contributed by atoms with E-state index in [9.17, 15) is 23.9 Å². The number of hydrogen-bond acceptors (Lipinski definition) is 12. The highest BCUT2D eigenvalue weighted by Gasteiger charge is 2.35. The largest absolute Gasteiger partial charge is 0.508 e. The average Bonchev–Trinajstić information content (AvgIpc) is 3.81. The number of fused-ring (bicyclic) bond motifs is 5. The maximum absolute atomic E-state index is 17.0. The molecule has 5 aliphatic heterocycles. The predicted molar refractivity (Wildman–Crippen MR) is 255 cm³/mol. The first-order chi connectivity index (χ1) is 33.0. The molecule has 0 spiro atoms. The molecule has 2 amide bonds. The second-order valence-electron chi connectivity index (χ2n) is 19.4. The molecule has 68 heavy (non-hydrogen) atoms. The normalized spacial score (nSPS) is 21.8. The predicted octanol–water partition coefficient (Wildman–Crippen LogP) is 5.78. The van der Waals surface area contributed by atoms with Crippen molar-refractivity contribution in [2.24, 2.45) is 18.9 Å². The summed E-state index contributed by atoms with van der Waals surface area (Å²) in [4.78, 5) is 58.7. The number of likely N-dealkylation sites (tertiary alicyclic amines) is 1. The Morgan fingerprint density at radius 2 is 1.63 bits per heavy atom. The maximum atomic E-state index is 17.0. The zero-order chi connectivity index (χ0) is 46.8. The number of aryl methyl sites for hydroxylation is 1. The van der Waals surface area contributed by atoms with Crippen molar-refractivity contribution in [3.63, 3.8) is 0 Å². The standard InChI is InChI=1S/C51H54F2N10O5/c1-3-36-39(52)8-4-31-23-35(64)25-37(44(31)36)46-45(53)47-38(26-54-46)48(62-27-32-5-6-33(28-62)55-32)58-50(57-47)68-21-20-60-16-12-29(13-17-60)22-30-14-18-61(19-15-30)34-7-9-40-42(24-34)59(2)51(67)63(40)41-10-11-43(65)56-49(41)66/h1,4,7-9,23-26,29-30,32-33,41,55,64H,5-6,10-22,27-28H2,2H3,(H,56,65,66). The minimum atomic E-state index is -0.741. The Labute approximate surface area is 391 Å². The Hall–Kier alpha value is -6.64. The lowest BCUT2D eigenvalue weighted by molar-refractivity contribution is -0.135. The third-order valence-corrected chi connectivity index (χ3v) is 15.2. The number of carbonyl (C=O) groups is 2. The molecule has 15 nitrogen and oxygen atoms in total. The number of benzene rings is 3. The van der Waals surface area contributed by atoms with E-state index in [0.717, 1.165) is 75.9 Å². The van der Waals surface area contributed by atoms with Gasteiger partial charge in [0.05, 0.1) is 22.0 Å². The number of hydrogen-bond donors (Lipinski definition) is 3.